The molecule has 0 aliphatic carbocycles. The quantitative estimate of drug-likeness (QED) is 0.0261. The van der Waals surface area contributed by atoms with Crippen LogP contribution >= 0.6 is 0 Å². The number of ether oxygens (including phenoxy) is 3. The van der Waals surface area contributed by atoms with Gasteiger partial charge >= 0.3 is 17.9 Å². The molecule has 83 heavy (non-hydrogen) atoms. The van der Waals surface area contributed by atoms with Gasteiger partial charge in [-0.2, -0.15) is 0 Å². The molecule has 6 nitrogen and oxygen atoms in total. The first-order chi connectivity index (χ1) is 41.0. The smallest absolute Gasteiger partial charge is 0.306 e. The second-order valence-electron chi connectivity index (χ2n) is 24.1. The van der Waals surface area contributed by atoms with Gasteiger partial charge in [-0.25, -0.2) is 0 Å². The van der Waals surface area contributed by atoms with Crippen molar-refractivity contribution in [1.82, 2.24) is 0 Å². The molecule has 0 amide bonds. The molecular formula is C77H136O6. The van der Waals surface area contributed by atoms with E-state index in [9.17, 15) is 14.4 Å². The molecule has 1 atom stereocenters. The van der Waals surface area contributed by atoms with Gasteiger partial charge in [0.15, 0.2) is 6.10 Å². The third kappa shape index (κ3) is 69.3. The zero-order valence-electron chi connectivity index (χ0n) is 55.2. The molecular weight excluding hydrogens is 1020 g/mol. The van der Waals surface area contributed by atoms with Crippen LogP contribution in [0.3, 0.4) is 0 Å². The average Bonchev–Trinajstić information content (AvgIpc) is 3.49. The summed E-state index contributed by atoms with van der Waals surface area (Å²) in [5.74, 6) is -0.885. The van der Waals surface area contributed by atoms with E-state index >= 15 is 0 Å². The van der Waals surface area contributed by atoms with E-state index in [1.54, 1.807) is 0 Å². The highest BCUT2D eigenvalue weighted by Crippen LogP contribution is 2.17. The third-order valence-corrected chi connectivity index (χ3v) is 15.9. The standard InChI is InChI=1S/C77H136O6/c1-4-7-10-13-16-19-22-25-28-30-32-34-36-38-40-42-44-46-49-52-55-58-61-64-67-70-76(79)82-73-74(72-81-75(78)69-66-63-60-57-54-51-48-27-24-21-18-15-12-9-6-3)83-77(80)71-68-65-62-59-56-53-50-47-45-43-41-39-37-35-33-31-29-26-23-20-17-14-11-8-5-2/h9,12,18,21-22,25,27,30-33,36,38,48,74H,4-8,10-11,13-17,19-20,23-24,26,28-29,34-35,37,39-47,49-73H2,1-3H3/b12-9-,21-18-,25-22-,32-30-,33-31-,38-36-,48-27-. The lowest BCUT2D eigenvalue weighted by Gasteiger charge is -2.18. The lowest BCUT2D eigenvalue weighted by molar-refractivity contribution is -0.167. The SMILES string of the molecule is CC/C=C\C/C=C\C/C=C\CCCCCCCC(=O)OCC(COC(=O)CCCCCCCCCCCC/C=C\C/C=C\C/C=C\CCCCCCC)OC(=O)CCCCCCCCCCCCCCC/C=C\CCCCCCCCCC. The molecule has 0 aromatic carbocycles. The Balaban J connectivity index is 4.32. The topological polar surface area (TPSA) is 78.9 Å². The van der Waals surface area contributed by atoms with Gasteiger partial charge < -0.3 is 14.2 Å². The molecule has 0 spiro atoms. The number of hydrogen-bond acceptors (Lipinski definition) is 6. The number of rotatable bonds is 66. The van der Waals surface area contributed by atoms with Crippen LogP contribution in [0.2, 0.25) is 0 Å². The largest absolute Gasteiger partial charge is 0.462 e. The minimum absolute atomic E-state index is 0.0823. The molecule has 0 rings (SSSR count). The molecule has 0 aromatic rings. The second kappa shape index (κ2) is 71.1. The van der Waals surface area contributed by atoms with Gasteiger partial charge in [0.2, 0.25) is 0 Å². The number of carbonyl (C=O) groups is 3. The van der Waals surface area contributed by atoms with Gasteiger partial charge in [-0.3, -0.25) is 14.4 Å². The second-order valence-corrected chi connectivity index (χ2v) is 24.1. The van der Waals surface area contributed by atoms with Crippen LogP contribution in [0.5, 0.6) is 0 Å². The summed E-state index contributed by atoms with van der Waals surface area (Å²) in [5, 5.41) is 0. The first kappa shape index (κ1) is 79.6. The first-order valence-electron chi connectivity index (χ1n) is 36.1. The Labute approximate surface area is 515 Å². The van der Waals surface area contributed by atoms with Crippen molar-refractivity contribution in [2.75, 3.05) is 13.2 Å². The monoisotopic (exact) mass is 1160 g/mol. The Morgan fingerprint density at radius 3 is 0.747 bits per heavy atom. The summed E-state index contributed by atoms with van der Waals surface area (Å²) in [6.07, 6.45) is 94.7. The summed E-state index contributed by atoms with van der Waals surface area (Å²) >= 11 is 0. The van der Waals surface area contributed by atoms with E-state index in [-0.39, 0.29) is 31.1 Å². The third-order valence-electron chi connectivity index (χ3n) is 15.9. The van der Waals surface area contributed by atoms with Gasteiger partial charge in [0.25, 0.3) is 0 Å². The lowest BCUT2D eigenvalue weighted by Crippen LogP contribution is -2.30. The molecule has 1 unspecified atom stereocenters. The van der Waals surface area contributed by atoms with Gasteiger partial charge in [0, 0.05) is 19.3 Å². The molecule has 0 heterocycles. The van der Waals surface area contributed by atoms with Crippen molar-refractivity contribution in [3.8, 4) is 0 Å². The van der Waals surface area contributed by atoms with Crippen LogP contribution < -0.4 is 0 Å². The molecule has 0 radical (unpaired) electrons. The van der Waals surface area contributed by atoms with E-state index in [0.717, 1.165) is 109 Å². The molecule has 0 aliphatic rings. The summed E-state index contributed by atoms with van der Waals surface area (Å²) in [4.78, 5) is 38.5. The van der Waals surface area contributed by atoms with Crippen molar-refractivity contribution in [3.05, 3.63) is 85.1 Å². The van der Waals surface area contributed by atoms with Crippen LogP contribution in [0.4, 0.5) is 0 Å². The van der Waals surface area contributed by atoms with Gasteiger partial charge in [-0.05, 0) is 116 Å². The molecule has 0 fully saturated rings. The summed E-state index contributed by atoms with van der Waals surface area (Å²) < 4.78 is 17.0. The van der Waals surface area contributed by atoms with Crippen LogP contribution in [0.25, 0.3) is 0 Å². The molecule has 0 saturated heterocycles. The minimum Gasteiger partial charge on any atom is -0.462 e. The number of hydrogen-bond donors (Lipinski definition) is 0. The van der Waals surface area contributed by atoms with Crippen molar-refractivity contribution in [2.24, 2.45) is 0 Å². The molecule has 0 bridgehead atoms. The molecule has 480 valence electrons. The normalized spacial score (nSPS) is 12.6. The number of esters is 3. The number of carbonyl (C=O) groups excluding carboxylic acids is 3. The fourth-order valence-electron chi connectivity index (χ4n) is 10.5. The van der Waals surface area contributed by atoms with Crippen LogP contribution in [0.1, 0.15) is 367 Å². The summed E-state index contributed by atoms with van der Waals surface area (Å²) in [5.41, 5.74) is 0. The summed E-state index contributed by atoms with van der Waals surface area (Å²) in [6.45, 7) is 6.55. The fourth-order valence-corrected chi connectivity index (χ4v) is 10.5. The molecule has 0 saturated carbocycles. The van der Waals surface area contributed by atoms with Crippen LogP contribution in [0, 0.1) is 0 Å². The summed E-state index contributed by atoms with van der Waals surface area (Å²) in [6, 6.07) is 0. The molecule has 0 aliphatic heterocycles. The number of allylic oxidation sites excluding steroid dienone is 14. The Morgan fingerprint density at radius 1 is 0.253 bits per heavy atom. The van der Waals surface area contributed by atoms with Crippen molar-refractivity contribution in [3.63, 3.8) is 0 Å². The Morgan fingerprint density at radius 2 is 0.470 bits per heavy atom. The maximum Gasteiger partial charge on any atom is 0.306 e. The number of unbranched alkanes of at least 4 members (excludes halogenated alkanes) is 41. The predicted molar refractivity (Wildman–Crippen MR) is 362 cm³/mol. The van der Waals surface area contributed by atoms with Crippen molar-refractivity contribution in [2.45, 2.75) is 374 Å². The van der Waals surface area contributed by atoms with Gasteiger partial charge in [-0.15, -0.1) is 0 Å². The zero-order valence-corrected chi connectivity index (χ0v) is 55.2. The van der Waals surface area contributed by atoms with Crippen LogP contribution in [-0.4, -0.2) is 37.2 Å². The fraction of sp³-hybridized carbons (Fsp3) is 0.779. The van der Waals surface area contributed by atoms with E-state index in [0.29, 0.717) is 19.3 Å². The van der Waals surface area contributed by atoms with E-state index in [2.05, 4.69) is 106 Å². The Kier molecular flexibility index (Phi) is 68.2. The van der Waals surface area contributed by atoms with E-state index < -0.39 is 6.10 Å². The summed E-state index contributed by atoms with van der Waals surface area (Å²) in [7, 11) is 0. The van der Waals surface area contributed by atoms with Gasteiger partial charge in [0.1, 0.15) is 13.2 Å². The van der Waals surface area contributed by atoms with Gasteiger partial charge in [0.05, 0.1) is 0 Å². The first-order valence-corrected chi connectivity index (χ1v) is 36.1. The van der Waals surface area contributed by atoms with Gasteiger partial charge in [-0.1, -0.05) is 318 Å². The van der Waals surface area contributed by atoms with E-state index in [1.165, 1.54) is 218 Å². The van der Waals surface area contributed by atoms with Crippen molar-refractivity contribution in [1.29, 1.82) is 0 Å². The highest BCUT2D eigenvalue weighted by molar-refractivity contribution is 5.71. The maximum absolute atomic E-state index is 13.0. The average molecular weight is 1160 g/mol. The lowest BCUT2D eigenvalue weighted by atomic mass is 10.0. The zero-order chi connectivity index (χ0) is 59.9. The van der Waals surface area contributed by atoms with E-state index in [4.69, 9.17) is 14.2 Å². The molecule has 0 N–H and O–H groups in total. The van der Waals surface area contributed by atoms with Crippen molar-refractivity contribution >= 4 is 17.9 Å². The predicted octanol–water partition coefficient (Wildman–Crippen LogP) is 25.0. The Hall–Kier alpha value is -3.41. The highest BCUT2D eigenvalue weighted by atomic mass is 16.6. The maximum atomic E-state index is 13.0. The van der Waals surface area contributed by atoms with Crippen LogP contribution in [0.15, 0.2) is 85.1 Å². The van der Waals surface area contributed by atoms with Crippen LogP contribution in [-0.2, 0) is 28.6 Å². The van der Waals surface area contributed by atoms with Crippen molar-refractivity contribution < 1.29 is 28.6 Å². The Bertz CT molecular complexity index is 1570. The molecule has 6 heteroatoms. The van der Waals surface area contributed by atoms with E-state index in [1.807, 2.05) is 0 Å². The molecule has 0 aromatic heterocycles. The minimum atomic E-state index is -0.788. The highest BCUT2D eigenvalue weighted by Gasteiger charge is 2.19.